The largest absolute Gasteiger partial charge is 0.493 e. The highest BCUT2D eigenvalue weighted by Crippen LogP contribution is 2.44. The average molecular weight is 375 g/mol. The minimum atomic E-state index is -0.248. The van der Waals surface area contributed by atoms with Crippen LogP contribution in [0.1, 0.15) is 15.9 Å². The molecule has 0 saturated carbocycles. The SMILES string of the molecule is COc1cc2[nH]cc(C(=O)NCc3ccccc3Cl)c2c(OC)c1OC. The van der Waals surface area contributed by atoms with Crippen LogP contribution < -0.4 is 19.5 Å². The Hall–Kier alpha value is -2.86. The molecule has 0 aliphatic rings. The highest BCUT2D eigenvalue weighted by Gasteiger charge is 2.22. The van der Waals surface area contributed by atoms with E-state index < -0.39 is 0 Å². The molecule has 0 bridgehead atoms. The average Bonchev–Trinajstić information content (AvgIpc) is 3.09. The Kier molecular flexibility index (Phi) is 5.23. The molecular formula is C19H19ClN2O4. The summed E-state index contributed by atoms with van der Waals surface area (Å²) in [4.78, 5) is 15.8. The van der Waals surface area contributed by atoms with Crippen molar-refractivity contribution in [3.8, 4) is 17.2 Å². The fourth-order valence-corrected chi connectivity index (χ4v) is 3.05. The monoisotopic (exact) mass is 374 g/mol. The van der Waals surface area contributed by atoms with Gasteiger partial charge in [0, 0.05) is 23.8 Å². The number of nitrogens with one attached hydrogen (secondary N) is 2. The van der Waals surface area contributed by atoms with E-state index in [9.17, 15) is 4.79 Å². The van der Waals surface area contributed by atoms with Gasteiger partial charge in [-0.15, -0.1) is 0 Å². The molecule has 7 heteroatoms. The molecule has 0 saturated heterocycles. The summed E-state index contributed by atoms with van der Waals surface area (Å²) >= 11 is 6.14. The number of fused-ring (bicyclic) bond motifs is 1. The third kappa shape index (κ3) is 3.15. The first-order valence-corrected chi connectivity index (χ1v) is 8.30. The summed E-state index contributed by atoms with van der Waals surface area (Å²) < 4.78 is 16.2. The summed E-state index contributed by atoms with van der Waals surface area (Å²) in [6, 6.07) is 9.14. The predicted molar refractivity (Wildman–Crippen MR) is 101 cm³/mol. The van der Waals surface area contributed by atoms with Crippen LogP contribution in [-0.2, 0) is 6.54 Å². The molecule has 136 valence electrons. The number of benzene rings is 2. The second kappa shape index (κ2) is 7.58. The normalized spacial score (nSPS) is 10.6. The van der Waals surface area contributed by atoms with E-state index in [-0.39, 0.29) is 5.91 Å². The molecule has 1 aromatic heterocycles. The van der Waals surface area contributed by atoms with Gasteiger partial charge in [0.2, 0.25) is 5.75 Å². The number of methoxy groups -OCH3 is 3. The second-order valence-electron chi connectivity index (χ2n) is 5.54. The quantitative estimate of drug-likeness (QED) is 0.688. The van der Waals surface area contributed by atoms with Crippen LogP contribution in [0.25, 0.3) is 10.9 Å². The zero-order chi connectivity index (χ0) is 18.7. The number of ether oxygens (including phenoxy) is 3. The predicted octanol–water partition coefficient (Wildman–Crippen LogP) is 3.78. The maximum absolute atomic E-state index is 12.7. The van der Waals surface area contributed by atoms with E-state index in [1.54, 1.807) is 25.4 Å². The number of hydrogen-bond acceptors (Lipinski definition) is 4. The van der Waals surface area contributed by atoms with E-state index in [1.807, 2.05) is 18.2 Å². The van der Waals surface area contributed by atoms with Gasteiger partial charge >= 0.3 is 0 Å². The van der Waals surface area contributed by atoms with Gasteiger partial charge in [-0.1, -0.05) is 29.8 Å². The van der Waals surface area contributed by atoms with Gasteiger partial charge in [0.05, 0.1) is 37.8 Å². The van der Waals surface area contributed by atoms with Crippen molar-refractivity contribution in [3.05, 3.63) is 52.7 Å². The summed E-state index contributed by atoms with van der Waals surface area (Å²) in [6.45, 7) is 0.320. The van der Waals surface area contributed by atoms with Crippen LogP contribution >= 0.6 is 11.6 Å². The van der Waals surface area contributed by atoms with Gasteiger partial charge in [0.15, 0.2) is 11.5 Å². The van der Waals surface area contributed by atoms with Crippen molar-refractivity contribution in [1.29, 1.82) is 0 Å². The number of carbonyl (C=O) groups excluding carboxylic acids is 1. The van der Waals surface area contributed by atoms with Gasteiger partial charge in [0.1, 0.15) is 0 Å². The Morgan fingerprint density at radius 1 is 1.12 bits per heavy atom. The lowest BCUT2D eigenvalue weighted by Crippen LogP contribution is -2.22. The highest BCUT2D eigenvalue weighted by molar-refractivity contribution is 6.31. The minimum Gasteiger partial charge on any atom is -0.493 e. The first kappa shape index (κ1) is 17.9. The molecular weight excluding hydrogens is 356 g/mol. The Balaban J connectivity index is 1.97. The summed E-state index contributed by atoms with van der Waals surface area (Å²) in [5.74, 6) is 1.14. The van der Waals surface area contributed by atoms with Crippen LogP contribution in [-0.4, -0.2) is 32.2 Å². The van der Waals surface area contributed by atoms with Gasteiger partial charge in [-0.25, -0.2) is 0 Å². The molecule has 2 N–H and O–H groups in total. The lowest BCUT2D eigenvalue weighted by Gasteiger charge is -2.14. The number of carbonyl (C=O) groups is 1. The van der Waals surface area contributed by atoms with E-state index >= 15 is 0 Å². The Morgan fingerprint density at radius 2 is 1.85 bits per heavy atom. The van der Waals surface area contributed by atoms with E-state index in [2.05, 4.69) is 10.3 Å². The van der Waals surface area contributed by atoms with Crippen molar-refractivity contribution >= 4 is 28.4 Å². The first-order chi connectivity index (χ1) is 12.6. The standard InChI is InChI=1S/C19H19ClN2O4/c1-24-15-8-14-16(18(26-3)17(15)25-2)12(10-21-14)19(23)22-9-11-6-4-5-7-13(11)20/h4-8,10,21H,9H2,1-3H3,(H,22,23). The lowest BCUT2D eigenvalue weighted by atomic mass is 10.1. The topological polar surface area (TPSA) is 72.6 Å². The van der Waals surface area contributed by atoms with Gasteiger partial charge in [0.25, 0.3) is 5.91 Å². The highest BCUT2D eigenvalue weighted by atomic mass is 35.5. The lowest BCUT2D eigenvalue weighted by molar-refractivity contribution is 0.0952. The summed E-state index contributed by atoms with van der Waals surface area (Å²) in [5, 5.41) is 4.11. The van der Waals surface area contributed by atoms with Crippen molar-refractivity contribution in [2.45, 2.75) is 6.54 Å². The van der Waals surface area contributed by atoms with Gasteiger partial charge in [-0.05, 0) is 11.6 Å². The number of amides is 1. The molecule has 0 aliphatic carbocycles. The number of aromatic amines is 1. The summed E-state index contributed by atoms with van der Waals surface area (Å²) in [6.07, 6.45) is 1.63. The maximum Gasteiger partial charge on any atom is 0.253 e. The number of rotatable bonds is 6. The summed E-state index contributed by atoms with van der Waals surface area (Å²) in [5.41, 5.74) is 2.00. The molecule has 0 atom stereocenters. The molecule has 1 amide bonds. The van der Waals surface area contributed by atoms with E-state index in [4.69, 9.17) is 25.8 Å². The van der Waals surface area contributed by atoms with E-state index in [0.29, 0.717) is 45.3 Å². The van der Waals surface area contributed by atoms with Crippen molar-refractivity contribution in [3.63, 3.8) is 0 Å². The molecule has 0 unspecified atom stereocenters. The van der Waals surface area contributed by atoms with Gasteiger partial charge in [-0.3, -0.25) is 4.79 Å². The molecule has 3 rings (SSSR count). The number of aromatic nitrogens is 1. The molecule has 26 heavy (non-hydrogen) atoms. The van der Waals surface area contributed by atoms with Crippen molar-refractivity contribution in [2.75, 3.05) is 21.3 Å². The first-order valence-electron chi connectivity index (χ1n) is 7.92. The van der Waals surface area contributed by atoms with Crippen molar-refractivity contribution < 1.29 is 19.0 Å². The van der Waals surface area contributed by atoms with Crippen LogP contribution in [0, 0.1) is 0 Å². The van der Waals surface area contributed by atoms with E-state index in [0.717, 1.165) is 5.56 Å². The Morgan fingerprint density at radius 3 is 2.50 bits per heavy atom. The zero-order valence-corrected chi connectivity index (χ0v) is 15.4. The van der Waals surface area contributed by atoms with Crippen LogP contribution in [0.2, 0.25) is 5.02 Å². The molecule has 1 heterocycles. The second-order valence-corrected chi connectivity index (χ2v) is 5.95. The van der Waals surface area contributed by atoms with Gasteiger partial charge < -0.3 is 24.5 Å². The Bertz CT molecular complexity index is 952. The van der Waals surface area contributed by atoms with Crippen LogP contribution in [0.5, 0.6) is 17.2 Å². The van der Waals surface area contributed by atoms with Crippen molar-refractivity contribution in [2.24, 2.45) is 0 Å². The maximum atomic E-state index is 12.7. The third-order valence-corrected chi connectivity index (χ3v) is 4.48. The fraction of sp³-hybridized carbons (Fsp3) is 0.211. The third-order valence-electron chi connectivity index (χ3n) is 4.11. The Labute approximate surface area is 156 Å². The molecule has 6 nitrogen and oxygen atoms in total. The summed E-state index contributed by atoms with van der Waals surface area (Å²) in [7, 11) is 4.59. The minimum absolute atomic E-state index is 0.248. The van der Waals surface area contributed by atoms with Crippen molar-refractivity contribution in [1.82, 2.24) is 10.3 Å². The molecule has 0 fully saturated rings. The zero-order valence-electron chi connectivity index (χ0n) is 14.7. The number of halogens is 1. The van der Waals surface area contributed by atoms with Crippen LogP contribution in [0.4, 0.5) is 0 Å². The van der Waals surface area contributed by atoms with Crippen LogP contribution in [0.15, 0.2) is 36.5 Å². The van der Waals surface area contributed by atoms with E-state index in [1.165, 1.54) is 14.2 Å². The number of H-pyrrole nitrogens is 1. The molecule has 3 aromatic rings. The molecule has 2 aromatic carbocycles. The van der Waals surface area contributed by atoms with Crippen LogP contribution in [0.3, 0.4) is 0 Å². The fourth-order valence-electron chi connectivity index (χ4n) is 2.85. The number of hydrogen-bond donors (Lipinski definition) is 2. The molecule has 0 aliphatic heterocycles. The smallest absolute Gasteiger partial charge is 0.253 e. The molecule has 0 radical (unpaired) electrons. The molecule has 0 spiro atoms. The van der Waals surface area contributed by atoms with Gasteiger partial charge in [-0.2, -0.15) is 0 Å².